The molecule has 0 unspecified atom stereocenters. The number of hydrogen-bond donors (Lipinski definition) is 5. The Hall–Kier alpha value is -0.610. The lowest BCUT2D eigenvalue weighted by Crippen LogP contribution is -2.75. The molecule has 10 heteroatoms. The molecule has 2 atom stereocenters. The Bertz CT molecular complexity index is 344. The van der Waals surface area contributed by atoms with Crippen molar-refractivity contribution in [3.8, 4) is 0 Å². The van der Waals surface area contributed by atoms with E-state index in [2.05, 4.69) is 0 Å². The van der Waals surface area contributed by atoms with Crippen LogP contribution in [0.4, 0.5) is 0 Å². The molecule has 5 N–H and O–H groups in total. The molecule has 0 heterocycles. The molecule has 0 radical (unpaired) electrons. The molecule has 0 aliphatic heterocycles. The fourth-order valence-electron chi connectivity index (χ4n) is 1.20. The highest BCUT2D eigenvalue weighted by Crippen LogP contribution is 2.35. The maximum absolute atomic E-state index is 11.0. The summed E-state index contributed by atoms with van der Waals surface area (Å²) in [4.78, 5) is 32.8. The van der Waals surface area contributed by atoms with Gasteiger partial charge < -0.3 is 25.5 Å². The first-order chi connectivity index (χ1) is 8.07. The van der Waals surface area contributed by atoms with Crippen molar-refractivity contribution < 1.29 is 39.9 Å². The van der Waals surface area contributed by atoms with Crippen LogP contribution < -0.4 is 0 Å². The standard InChI is InChI=1S/C8H10Cl2O8/c9-4(14)6(16,1-11)8(18,3-13)7(17,2-12)5(10)15/h3,11-12,16-18H,1-2H2/t6-,7-/m1/s1. The van der Waals surface area contributed by atoms with Crippen LogP contribution in [-0.2, 0) is 14.4 Å². The molecule has 0 aromatic rings. The zero-order valence-corrected chi connectivity index (χ0v) is 10.2. The minimum absolute atomic E-state index is 0.625. The van der Waals surface area contributed by atoms with Gasteiger partial charge in [0, 0.05) is 0 Å². The Morgan fingerprint density at radius 1 is 0.944 bits per heavy atom. The SMILES string of the molecule is O=CC(O)([C@@](O)(CO)C(=O)Cl)[C@@](O)(CO)C(=O)Cl. The summed E-state index contributed by atoms with van der Waals surface area (Å²) in [5.74, 6) is 0. The average molecular weight is 305 g/mol. The summed E-state index contributed by atoms with van der Waals surface area (Å²) < 4.78 is 0. The summed E-state index contributed by atoms with van der Waals surface area (Å²) in [6, 6.07) is 0. The van der Waals surface area contributed by atoms with Gasteiger partial charge >= 0.3 is 0 Å². The van der Waals surface area contributed by atoms with Gasteiger partial charge in [-0.2, -0.15) is 0 Å². The van der Waals surface area contributed by atoms with Crippen molar-refractivity contribution in [2.75, 3.05) is 13.2 Å². The molecule has 0 amide bonds. The number of rotatable bonds is 7. The molecule has 0 aromatic carbocycles. The minimum Gasteiger partial charge on any atom is -0.393 e. The first-order valence-electron chi connectivity index (χ1n) is 4.32. The summed E-state index contributed by atoms with van der Waals surface area (Å²) in [6.45, 7) is -3.23. The Morgan fingerprint density at radius 2 is 1.22 bits per heavy atom. The zero-order chi connectivity index (χ0) is 14.8. The van der Waals surface area contributed by atoms with Crippen molar-refractivity contribution in [3.05, 3.63) is 0 Å². The average Bonchev–Trinajstić information content (AvgIpc) is 2.34. The predicted octanol–water partition coefficient (Wildman–Crippen LogP) is -3.11. The van der Waals surface area contributed by atoms with Crippen LogP contribution in [0.15, 0.2) is 0 Å². The summed E-state index contributed by atoms with van der Waals surface area (Å²) in [7, 11) is 0. The van der Waals surface area contributed by atoms with E-state index in [1.165, 1.54) is 0 Å². The van der Waals surface area contributed by atoms with Crippen LogP contribution in [-0.4, -0.2) is 72.3 Å². The normalized spacial score (nSPS) is 18.6. The van der Waals surface area contributed by atoms with Crippen LogP contribution in [0, 0.1) is 0 Å². The van der Waals surface area contributed by atoms with Gasteiger partial charge in [0.25, 0.3) is 10.5 Å². The third-order valence-corrected chi connectivity index (χ3v) is 3.16. The molecule has 104 valence electrons. The van der Waals surface area contributed by atoms with Crippen molar-refractivity contribution in [1.82, 2.24) is 0 Å². The zero-order valence-electron chi connectivity index (χ0n) is 8.71. The van der Waals surface area contributed by atoms with E-state index in [1.807, 2.05) is 0 Å². The molecular weight excluding hydrogens is 295 g/mol. The van der Waals surface area contributed by atoms with E-state index < -0.39 is 46.8 Å². The van der Waals surface area contributed by atoms with Gasteiger partial charge in [0.05, 0.1) is 13.2 Å². The molecule has 18 heavy (non-hydrogen) atoms. The fraction of sp³-hybridized carbons (Fsp3) is 0.625. The largest absolute Gasteiger partial charge is 0.393 e. The summed E-state index contributed by atoms with van der Waals surface area (Å²) in [5.41, 5.74) is -10.5. The van der Waals surface area contributed by atoms with E-state index >= 15 is 0 Å². The van der Waals surface area contributed by atoms with E-state index in [0.29, 0.717) is 0 Å². The van der Waals surface area contributed by atoms with Crippen molar-refractivity contribution in [2.24, 2.45) is 0 Å². The Balaban J connectivity index is 6.13. The van der Waals surface area contributed by atoms with E-state index in [1.54, 1.807) is 0 Å². The lowest BCUT2D eigenvalue weighted by atomic mass is 9.73. The molecular formula is C8H10Cl2O8. The molecule has 0 saturated carbocycles. The Morgan fingerprint density at radius 3 is 1.33 bits per heavy atom. The van der Waals surface area contributed by atoms with Gasteiger partial charge in [-0.15, -0.1) is 0 Å². The quantitative estimate of drug-likeness (QED) is 0.245. The first kappa shape index (κ1) is 17.4. The van der Waals surface area contributed by atoms with E-state index in [9.17, 15) is 29.7 Å². The number of aliphatic hydroxyl groups excluding tert-OH is 2. The topological polar surface area (TPSA) is 152 Å². The lowest BCUT2D eigenvalue weighted by Gasteiger charge is -2.43. The minimum atomic E-state index is -3.64. The van der Waals surface area contributed by atoms with Gasteiger partial charge in [-0.05, 0) is 23.2 Å². The highest BCUT2D eigenvalue weighted by Gasteiger charge is 2.68. The molecule has 0 spiro atoms. The summed E-state index contributed by atoms with van der Waals surface area (Å²) >= 11 is 9.80. The number of carbonyl (C=O) groups is 3. The van der Waals surface area contributed by atoms with Gasteiger partial charge in [0.2, 0.25) is 11.2 Å². The number of aliphatic hydroxyl groups is 5. The van der Waals surface area contributed by atoms with Gasteiger partial charge in [0.15, 0.2) is 11.9 Å². The van der Waals surface area contributed by atoms with E-state index in [-0.39, 0.29) is 0 Å². The maximum atomic E-state index is 11.0. The third kappa shape index (κ3) is 2.16. The van der Waals surface area contributed by atoms with E-state index in [4.69, 9.17) is 33.4 Å². The Labute approximate surface area is 110 Å². The second-order valence-corrected chi connectivity index (χ2v) is 4.15. The molecule has 0 fully saturated rings. The molecule has 8 nitrogen and oxygen atoms in total. The summed E-state index contributed by atoms with van der Waals surface area (Å²) in [5, 5.41) is 43.1. The number of hydrogen-bond acceptors (Lipinski definition) is 8. The van der Waals surface area contributed by atoms with E-state index in [0.717, 1.165) is 0 Å². The fourth-order valence-corrected chi connectivity index (χ4v) is 1.61. The second kappa shape index (κ2) is 5.57. The smallest absolute Gasteiger partial charge is 0.259 e. The molecule has 0 rings (SSSR count). The van der Waals surface area contributed by atoms with Crippen LogP contribution in [0.2, 0.25) is 0 Å². The van der Waals surface area contributed by atoms with Gasteiger partial charge in [-0.25, -0.2) is 0 Å². The number of carbonyl (C=O) groups excluding carboxylic acids is 3. The van der Waals surface area contributed by atoms with Gasteiger partial charge in [0.1, 0.15) is 0 Å². The molecule has 0 aliphatic rings. The Kier molecular flexibility index (Phi) is 5.39. The monoisotopic (exact) mass is 304 g/mol. The lowest BCUT2D eigenvalue weighted by molar-refractivity contribution is -0.231. The molecule has 0 aromatic heterocycles. The highest BCUT2D eigenvalue weighted by atomic mass is 35.5. The molecule has 0 bridgehead atoms. The predicted molar refractivity (Wildman–Crippen MR) is 56.8 cm³/mol. The summed E-state index contributed by atoms with van der Waals surface area (Å²) in [6.07, 6.45) is -0.625. The van der Waals surface area contributed by atoms with Crippen LogP contribution in [0.25, 0.3) is 0 Å². The number of halogens is 2. The van der Waals surface area contributed by atoms with Crippen molar-refractivity contribution in [2.45, 2.75) is 16.8 Å². The maximum Gasteiger partial charge on any atom is 0.259 e. The van der Waals surface area contributed by atoms with Crippen LogP contribution in [0.5, 0.6) is 0 Å². The molecule has 0 aliphatic carbocycles. The van der Waals surface area contributed by atoms with Crippen molar-refractivity contribution in [3.63, 3.8) is 0 Å². The van der Waals surface area contributed by atoms with Gasteiger partial charge in [-0.1, -0.05) is 0 Å². The van der Waals surface area contributed by atoms with Crippen molar-refractivity contribution >= 4 is 40.0 Å². The van der Waals surface area contributed by atoms with Crippen LogP contribution >= 0.6 is 23.2 Å². The molecule has 0 saturated heterocycles. The number of aldehydes is 1. The second-order valence-electron chi connectivity index (χ2n) is 3.47. The van der Waals surface area contributed by atoms with Crippen molar-refractivity contribution in [1.29, 1.82) is 0 Å². The third-order valence-electron chi connectivity index (χ3n) is 2.54. The van der Waals surface area contributed by atoms with Crippen LogP contribution in [0.1, 0.15) is 0 Å². The highest BCUT2D eigenvalue weighted by molar-refractivity contribution is 6.67. The van der Waals surface area contributed by atoms with Crippen LogP contribution in [0.3, 0.4) is 0 Å². The van der Waals surface area contributed by atoms with Gasteiger partial charge in [-0.3, -0.25) is 14.4 Å². The first-order valence-corrected chi connectivity index (χ1v) is 5.08.